The third-order valence-electron chi connectivity index (χ3n) is 3.32. The van der Waals surface area contributed by atoms with E-state index in [4.69, 9.17) is 4.74 Å². The lowest BCUT2D eigenvalue weighted by molar-refractivity contribution is -0.127. The molecule has 0 aliphatic heterocycles. The molecule has 0 aromatic heterocycles. The first-order valence-electron chi connectivity index (χ1n) is 7.51. The lowest BCUT2D eigenvalue weighted by Crippen LogP contribution is -2.41. The first kappa shape index (κ1) is 16.5. The summed E-state index contributed by atoms with van der Waals surface area (Å²) >= 11 is 0. The molecule has 1 aromatic carbocycles. The van der Waals surface area contributed by atoms with Gasteiger partial charge in [-0.15, -0.1) is 0 Å². The van der Waals surface area contributed by atoms with Gasteiger partial charge < -0.3 is 10.1 Å². The maximum atomic E-state index is 12.1. The van der Waals surface area contributed by atoms with Gasteiger partial charge in [-0.05, 0) is 37.8 Å². The molecule has 0 spiro atoms. The van der Waals surface area contributed by atoms with E-state index in [1.165, 1.54) is 0 Å². The zero-order valence-corrected chi connectivity index (χ0v) is 13.3. The second-order valence-electron chi connectivity index (χ2n) is 5.65. The van der Waals surface area contributed by atoms with E-state index >= 15 is 0 Å². The summed E-state index contributed by atoms with van der Waals surface area (Å²) in [5.41, 5.74) is 1.13. The van der Waals surface area contributed by atoms with E-state index in [2.05, 4.69) is 26.1 Å². The fraction of sp³-hybridized carbons (Fsp3) is 0.588. The molecular weight excluding hydrogens is 250 g/mol. The molecule has 0 heterocycles. The van der Waals surface area contributed by atoms with Crippen LogP contribution in [0.5, 0.6) is 5.75 Å². The standard InChI is InChI=1S/C17H27NO2/c1-6-9-13(4)18-17(19)14(5)20-16-11-8-7-10-15(16)12(2)3/h7-8,10-14H,6,9H2,1-5H3,(H,18,19)/t13-,14-/m0/s1. The summed E-state index contributed by atoms with van der Waals surface area (Å²) in [5, 5.41) is 2.99. The normalized spacial score (nSPS) is 13.9. The van der Waals surface area contributed by atoms with E-state index in [0.717, 1.165) is 24.2 Å². The molecule has 0 bridgehead atoms. The van der Waals surface area contributed by atoms with Gasteiger partial charge in [-0.1, -0.05) is 45.4 Å². The molecule has 1 rings (SSSR count). The number of amides is 1. The van der Waals surface area contributed by atoms with Crippen molar-refractivity contribution in [1.82, 2.24) is 5.32 Å². The second-order valence-corrected chi connectivity index (χ2v) is 5.65. The van der Waals surface area contributed by atoms with Crippen LogP contribution >= 0.6 is 0 Å². The highest BCUT2D eigenvalue weighted by molar-refractivity contribution is 5.81. The molecule has 0 saturated heterocycles. The van der Waals surface area contributed by atoms with Crippen molar-refractivity contribution in [2.24, 2.45) is 0 Å². The van der Waals surface area contributed by atoms with Gasteiger partial charge in [-0.25, -0.2) is 0 Å². The van der Waals surface area contributed by atoms with Gasteiger partial charge >= 0.3 is 0 Å². The summed E-state index contributed by atoms with van der Waals surface area (Å²) in [6, 6.07) is 8.10. The third-order valence-corrected chi connectivity index (χ3v) is 3.32. The smallest absolute Gasteiger partial charge is 0.260 e. The molecule has 112 valence electrons. The Labute approximate surface area is 122 Å². The number of carbonyl (C=O) groups is 1. The van der Waals surface area contributed by atoms with Crippen LogP contribution in [0.3, 0.4) is 0 Å². The van der Waals surface area contributed by atoms with Gasteiger partial charge in [-0.2, -0.15) is 0 Å². The number of benzene rings is 1. The Kier molecular flexibility index (Phi) is 6.56. The van der Waals surface area contributed by atoms with Crippen LogP contribution in [0.15, 0.2) is 24.3 Å². The molecule has 3 nitrogen and oxygen atoms in total. The monoisotopic (exact) mass is 277 g/mol. The number of nitrogens with one attached hydrogen (secondary N) is 1. The second kappa shape index (κ2) is 7.93. The zero-order valence-electron chi connectivity index (χ0n) is 13.3. The first-order chi connectivity index (χ1) is 9.45. The Balaban J connectivity index is 2.66. The largest absolute Gasteiger partial charge is 0.481 e. The summed E-state index contributed by atoms with van der Waals surface area (Å²) < 4.78 is 5.84. The van der Waals surface area contributed by atoms with Crippen LogP contribution in [0.4, 0.5) is 0 Å². The van der Waals surface area contributed by atoms with Crippen LogP contribution in [0, 0.1) is 0 Å². The SMILES string of the molecule is CCC[C@H](C)NC(=O)[C@H](C)Oc1ccccc1C(C)C. The van der Waals surface area contributed by atoms with Crippen LogP contribution in [-0.4, -0.2) is 18.1 Å². The highest BCUT2D eigenvalue weighted by Crippen LogP contribution is 2.26. The third kappa shape index (κ3) is 4.87. The summed E-state index contributed by atoms with van der Waals surface area (Å²) in [6.45, 7) is 10.2. The van der Waals surface area contributed by atoms with Crippen LogP contribution < -0.4 is 10.1 Å². The van der Waals surface area contributed by atoms with Crippen molar-refractivity contribution in [3.8, 4) is 5.75 Å². The Bertz CT molecular complexity index is 429. The average molecular weight is 277 g/mol. The van der Waals surface area contributed by atoms with Crippen LogP contribution in [0.1, 0.15) is 58.9 Å². The lowest BCUT2D eigenvalue weighted by atomic mass is 10.0. The van der Waals surface area contributed by atoms with E-state index in [-0.39, 0.29) is 11.9 Å². The summed E-state index contributed by atoms with van der Waals surface area (Å²) in [4.78, 5) is 12.1. The zero-order chi connectivity index (χ0) is 15.1. The highest BCUT2D eigenvalue weighted by atomic mass is 16.5. The highest BCUT2D eigenvalue weighted by Gasteiger charge is 2.18. The van der Waals surface area contributed by atoms with Crippen molar-refractivity contribution < 1.29 is 9.53 Å². The van der Waals surface area contributed by atoms with E-state index in [1.807, 2.05) is 31.2 Å². The molecular formula is C17H27NO2. The predicted molar refractivity (Wildman–Crippen MR) is 83.1 cm³/mol. The van der Waals surface area contributed by atoms with Crippen molar-refractivity contribution in [3.05, 3.63) is 29.8 Å². The predicted octanol–water partition coefficient (Wildman–Crippen LogP) is 3.88. The molecule has 0 saturated carbocycles. The van der Waals surface area contributed by atoms with Crippen LogP contribution in [0.25, 0.3) is 0 Å². The molecule has 1 amide bonds. The van der Waals surface area contributed by atoms with Gasteiger partial charge in [0, 0.05) is 6.04 Å². The van der Waals surface area contributed by atoms with Crippen molar-refractivity contribution in [2.75, 3.05) is 0 Å². The quantitative estimate of drug-likeness (QED) is 0.821. The molecule has 3 heteroatoms. The van der Waals surface area contributed by atoms with E-state index in [9.17, 15) is 4.79 Å². The Morgan fingerprint density at radius 1 is 1.20 bits per heavy atom. The fourth-order valence-electron chi connectivity index (χ4n) is 2.17. The van der Waals surface area contributed by atoms with E-state index in [0.29, 0.717) is 5.92 Å². The maximum absolute atomic E-state index is 12.1. The van der Waals surface area contributed by atoms with Crippen molar-refractivity contribution in [3.63, 3.8) is 0 Å². The first-order valence-corrected chi connectivity index (χ1v) is 7.51. The van der Waals surface area contributed by atoms with Crippen molar-refractivity contribution >= 4 is 5.91 Å². The number of rotatable bonds is 7. The molecule has 0 radical (unpaired) electrons. The summed E-state index contributed by atoms with van der Waals surface area (Å²) in [6.07, 6.45) is 1.57. The van der Waals surface area contributed by atoms with E-state index in [1.54, 1.807) is 6.92 Å². The van der Waals surface area contributed by atoms with Crippen molar-refractivity contribution in [1.29, 1.82) is 0 Å². The minimum Gasteiger partial charge on any atom is -0.481 e. The van der Waals surface area contributed by atoms with Gasteiger partial charge in [0.25, 0.3) is 5.91 Å². The topological polar surface area (TPSA) is 38.3 Å². The Morgan fingerprint density at radius 2 is 1.85 bits per heavy atom. The molecule has 20 heavy (non-hydrogen) atoms. The minimum absolute atomic E-state index is 0.0514. The van der Waals surface area contributed by atoms with Gasteiger partial charge in [0.1, 0.15) is 5.75 Å². The summed E-state index contributed by atoms with van der Waals surface area (Å²) in [5.74, 6) is 1.12. The number of carbonyl (C=O) groups excluding carboxylic acids is 1. The number of hydrogen-bond acceptors (Lipinski definition) is 2. The van der Waals surface area contributed by atoms with E-state index < -0.39 is 6.10 Å². The average Bonchev–Trinajstić information content (AvgIpc) is 2.39. The fourth-order valence-corrected chi connectivity index (χ4v) is 2.17. The Hall–Kier alpha value is -1.51. The van der Waals surface area contributed by atoms with Gasteiger partial charge in [0.05, 0.1) is 0 Å². The summed E-state index contributed by atoms with van der Waals surface area (Å²) in [7, 11) is 0. The Morgan fingerprint density at radius 3 is 2.45 bits per heavy atom. The number of ether oxygens (including phenoxy) is 1. The van der Waals surface area contributed by atoms with Gasteiger partial charge in [0.15, 0.2) is 6.10 Å². The minimum atomic E-state index is -0.478. The molecule has 2 atom stereocenters. The molecule has 0 unspecified atom stereocenters. The molecule has 0 aliphatic rings. The maximum Gasteiger partial charge on any atom is 0.260 e. The molecule has 0 aliphatic carbocycles. The van der Waals surface area contributed by atoms with Crippen LogP contribution in [0.2, 0.25) is 0 Å². The molecule has 0 fully saturated rings. The van der Waals surface area contributed by atoms with Crippen LogP contribution in [-0.2, 0) is 4.79 Å². The van der Waals surface area contributed by atoms with Crippen molar-refractivity contribution in [2.45, 2.75) is 65.5 Å². The molecule has 1 N–H and O–H groups in total. The van der Waals surface area contributed by atoms with Gasteiger partial charge in [-0.3, -0.25) is 4.79 Å². The lowest BCUT2D eigenvalue weighted by Gasteiger charge is -2.20. The molecule has 1 aromatic rings. The number of hydrogen-bond donors (Lipinski definition) is 1. The number of para-hydroxylation sites is 1. The van der Waals surface area contributed by atoms with Gasteiger partial charge in [0.2, 0.25) is 0 Å².